The molecule has 0 saturated carbocycles. The van der Waals surface area contributed by atoms with E-state index >= 15 is 0 Å². The van der Waals surface area contributed by atoms with Crippen LogP contribution in [-0.4, -0.2) is 15.9 Å². The zero-order chi connectivity index (χ0) is 13.0. The van der Waals surface area contributed by atoms with Crippen molar-refractivity contribution in [2.24, 2.45) is 0 Å². The molecule has 0 saturated heterocycles. The summed E-state index contributed by atoms with van der Waals surface area (Å²) in [6.45, 7) is 1.93. The Morgan fingerprint density at radius 2 is 2.26 bits per heavy atom. The molecule has 1 aliphatic carbocycles. The Labute approximate surface area is 110 Å². The molecule has 1 aromatic heterocycles. The molecule has 2 N–H and O–H groups in total. The number of carbonyl (C=O) groups is 1. The van der Waals surface area contributed by atoms with Gasteiger partial charge in [-0.15, -0.1) is 0 Å². The van der Waals surface area contributed by atoms with Crippen molar-refractivity contribution in [1.29, 1.82) is 0 Å². The lowest BCUT2D eigenvalue weighted by Gasteiger charge is -1.99. The molecule has 19 heavy (non-hydrogen) atoms. The topological polar surface area (TPSA) is 57.8 Å². The molecule has 1 aromatic carbocycles. The Hall–Kier alpha value is -2.10. The highest BCUT2D eigenvalue weighted by molar-refractivity contribution is 6.05. The maximum Gasteiger partial charge on any atom is 0.231 e. The second-order valence-corrected chi connectivity index (χ2v) is 5.37. The number of hydrogen-bond acceptors (Lipinski definition) is 2. The van der Waals surface area contributed by atoms with Gasteiger partial charge in [-0.05, 0) is 49.5 Å². The summed E-state index contributed by atoms with van der Waals surface area (Å²) >= 11 is 0. The molecule has 2 aromatic rings. The van der Waals surface area contributed by atoms with Gasteiger partial charge in [0, 0.05) is 5.69 Å². The van der Waals surface area contributed by atoms with Gasteiger partial charge < -0.3 is 10.3 Å². The van der Waals surface area contributed by atoms with E-state index in [1.807, 2.05) is 13.0 Å². The van der Waals surface area contributed by atoms with Crippen molar-refractivity contribution in [3.8, 4) is 0 Å². The number of imidazole rings is 1. The molecular formula is C15H15N3O. The Morgan fingerprint density at radius 1 is 1.37 bits per heavy atom. The molecule has 0 spiro atoms. The molecule has 1 unspecified atom stereocenters. The highest BCUT2D eigenvalue weighted by atomic mass is 16.2. The Kier molecular flexibility index (Phi) is 2.10. The number of anilines is 1. The summed E-state index contributed by atoms with van der Waals surface area (Å²) in [7, 11) is 0. The number of benzene rings is 1. The largest absolute Gasteiger partial charge is 0.338 e. The van der Waals surface area contributed by atoms with Crippen LogP contribution in [0.3, 0.4) is 0 Å². The maximum atomic E-state index is 11.7. The SMILES string of the molecule is CC1C(=O)Nc2cc3nc(C4=CCCC4)[nH]c3cc21. The average molecular weight is 253 g/mol. The van der Waals surface area contributed by atoms with Crippen molar-refractivity contribution >= 4 is 28.2 Å². The van der Waals surface area contributed by atoms with Gasteiger partial charge in [0.1, 0.15) is 5.82 Å². The van der Waals surface area contributed by atoms with Crippen LogP contribution in [-0.2, 0) is 4.79 Å². The second kappa shape index (κ2) is 3.70. The number of aromatic amines is 1. The van der Waals surface area contributed by atoms with E-state index in [-0.39, 0.29) is 11.8 Å². The summed E-state index contributed by atoms with van der Waals surface area (Å²) in [4.78, 5) is 19.7. The smallest absolute Gasteiger partial charge is 0.231 e. The van der Waals surface area contributed by atoms with Crippen LogP contribution in [0.25, 0.3) is 16.6 Å². The number of rotatable bonds is 1. The van der Waals surface area contributed by atoms with Gasteiger partial charge in [0.05, 0.1) is 17.0 Å². The first-order chi connectivity index (χ1) is 9.22. The molecule has 2 heterocycles. The van der Waals surface area contributed by atoms with Gasteiger partial charge >= 0.3 is 0 Å². The number of hydrogen-bond donors (Lipinski definition) is 2. The van der Waals surface area contributed by atoms with E-state index < -0.39 is 0 Å². The van der Waals surface area contributed by atoms with Crippen LogP contribution >= 0.6 is 0 Å². The normalized spacial score (nSPS) is 21.6. The third kappa shape index (κ3) is 1.52. The van der Waals surface area contributed by atoms with Gasteiger partial charge in [-0.3, -0.25) is 4.79 Å². The zero-order valence-corrected chi connectivity index (χ0v) is 10.8. The van der Waals surface area contributed by atoms with E-state index in [1.165, 1.54) is 12.0 Å². The lowest BCUT2D eigenvalue weighted by atomic mass is 10.0. The van der Waals surface area contributed by atoms with Crippen LogP contribution in [0, 0.1) is 0 Å². The van der Waals surface area contributed by atoms with Crippen LogP contribution in [0.15, 0.2) is 18.2 Å². The molecule has 2 aliphatic rings. The average Bonchev–Trinajstić information content (AvgIpc) is 3.08. The number of H-pyrrole nitrogens is 1. The van der Waals surface area contributed by atoms with Crippen LogP contribution in [0.2, 0.25) is 0 Å². The van der Waals surface area contributed by atoms with Gasteiger partial charge in [0.2, 0.25) is 5.91 Å². The van der Waals surface area contributed by atoms with Gasteiger partial charge in [0.25, 0.3) is 0 Å². The Morgan fingerprint density at radius 3 is 3.05 bits per heavy atom. The Balaban J connectivity index is 1.86. The van der Waals surface area contributed by atoms with E-state index in [2.05, 4.69) is 27.4 Å². The third-order valence-corrected chi connectivity index (χ3v) is 4.12. The van der Waals surface area contributed by atoms with Crippen molar-refractivity contribution in [2.75, 3.05) is 5.32 Å². The first-order valence-electron chi connectivity index (χ1n) is 6.76. The minimum absolute atomic E-state index is 0.0707. The van der Waals surface area contributed by atoms with Gasteiger partial charge in [0.15, 0.2) is 0 Å². The van der Waals surface area contributed by atoms with Crippen molar-refractivity contribution in [1.82, 2.24) is 9.97 Å². The summed E-state index contributed by atoms with van der Waals surface area (Å²) < 4.78 is 0. The maximum absolute atomic E-state index is 11.7. The molecule has 0 fully saturated rings. The first-order valence-corrected chi connectivity index (χ1v) is 6.76. The molecule has 4 rings (SSSR count). The third-order valence-electron chi connectivity index (χ3n) is 4.12. The summed E-state index contributed by atoms with van der Waals surface area (Å²) in [5.41, 5.74) is 5.23. The number of aromatic nitrogens is 2. The van der Waals surface area contributed by atoms with Crippen LogP contribution in [0.4, 0.5) is 5.69 Å². The molecule has 4 nitrogen and oxygen atoms in total. The highest BCUT2D eigenvalue weighted by Crippen LogP contribution is 2.36. The molecule has 96 valence electrons. The lowest BCUT2D eigenvalue weighted by Crippen LogP contribution is -2.08. The van der Waals surface area contributed by atoms with E-state index in [0.717, 1.165) is 41.0 Å². The van der Waals surface area contributed by atoms with E-state index in [0.29, 0.717) is 0 Å². The zero-order valence-electron chi connectivity index (χ0n) is 10.8. The standard InChI is InChI=1S/C15H15N3O/c1-8-10-6-12-13(7-11(10)18-15(8)19)17-14(16-12)9-4-2-3-5-9/h4,6-8H,2-3,5H2,1H3,(H,16,17)(H,18,19). The summed E-state index contributed by atoms with van der Waals surface area (Å²) in [5.74, 6) is 0.980. The first kappa shape index (κ1) is 10.8. The fourth-order valence-corrected chi connectivity index (χ4v) is 2.96. The summed E-state index contributed by atoms with van der Waals surface area (Å²) in [5, 5.41) is 2.91. The lowest BCUT2D eigenvalue weighted by molar-refractivity contribution is -0.116. The van der Waals surface area contributed by atoms with E-state index in [1.54, 1.807) is 0 Å². The quantitative estimate of drug-likeness (QED) is 0.820. The van der Waals surface area contributed by atoms with Crippen molar-refractivity contribution in [2.45, 2.75) is 32.1 Å². The van der Waals surface area contributed by atoms with Crippen molar-refractivity contribution in [3.05, 3.63) is 29.6 Å². The number of nitrogens with one attached hydrogen (secondary N) is 2. The fraction of sp³-hybridized carbons (Fsp3) is 0.333. The number of allylic oxidation sites excluding steroid dienone is 2. The number of nitrogens with zero attached hydrogens (tertiary/aromatic N) is 1. The van der Waals surface area contributed by atoms with Crippen molar-refractivity contribution in [3.63, 3.8) is 0 Å². The predicted molar refractivity (Wildman–Crippen MR) is 75.0 cm³/mol. The predicted octanol–water partition coefficient (Wildman–Crippen LogP) is 3.19. The minimum Gasteiger partial charge on any atom is -0.338 e. The van der Waals surface area contributed by atoms with Crippen LogP contribution < -0.4 is 5.32 Å². The molecule has 0 radical (unpaired) electrons. The van der Waals surface area contributed by atoms with E-state index in [9.17, 15) is 4.79 Å². The van der Waals surface area contributed by atoms with Crippen molar-refractivity contribution < 1.29 is 4.79 Å². The van der Waals surface area contributed by atoms with Gasteiger partial charge in [-0.2, -0.15) is 0 Å². The monoisotopic (exact) mass is 253 g/mol. The highest BCUT2D eigenvalue weighted by Gasteiger charge is 2.27. The number of carbonyl (C=O) groups excluding carboxylic acids is 1. The minimum atomic E-state index is -0.0724. The number of fused-ring (bicyclic) bond motifs is 2. The molecule has 1 amide bonds. The molecule has 1 atom stereocenters. The number of amides is 1. The molecule has 1 aliphatic heterocycles. The molecule has 4 heteroatoms. The summed E-state index contributed by atoms with van der Waals surface area (Å²) in [6.07, 6.45) is 5.73. The van der Waals surface area contributed by atoms with Gasteiger partial charge in [-0.1, -0.05) is 6.08 Å². The van der Waals surface area contributed by atoms with Gasteiger partial charge in [-0.25, -0.2) is 4.98 Å². The van der Waals surface area contributed by atoms with Crippen LogP contribution in [0.1, 0.15) is 43.5 Å². The molecule has 0 bridgehead atoms. The molecular weight excluding hydrogens is 238 g/mol. The summed E-state index contributed by atoms with van der Waals surface area (Å²) in [6, 6.07) is 4.03. The van der Waals surface area contributed by atoms with E-state index in [4.69, 9.17) is 0 Å². The Bertz CT molecular complexity index is 726. The fourth-order valence-electron chi connectivity index (χ4n) is 2.96. The van der Waals surface area contributed by atoms with Crippen LogP contribution in [0.5, 0.6) is 0 Å². The second-order valence-electron chi connectivity index (χ2n) is 5.37.